The van der Waals surface area contributed by atoms with E-state index in [1.165, 1.54) is 0 Å². The molecule has 1 aliphatic heterocycles. The van der Waals surface area contributed by atoms with E-state index in [0.29, 0.717) is 13.2 Å². The van der Waals surface area contributed by atoms with Gasteiger partial charge >= 0.3 is 8.80 Å². The summed E-state index contributed by atoms with van der Waals surface area (Å²) >= 11 is 0. The first-order valence-electron chi connectivity index (χ1n) is 7.61. The fourth-order valence-electron chi connectivity index (χ4n) is 2.45. The Morgan fingerprint density at radius 2 is 1.90 bits per heavy atom. The highest BCUT2D eigenvalue weighted by atomic mass is 28.4. The maximum absolute atomic E-state index is 6.06. The second kappa shape index (κ2) is 8.46. The van der Waals surface area contributed by atoms with Crippen LogP contribution in [-0.4, -0.2) is 48.1 Å². The minimum absolute atomic E-state index is 0.113. The molecule has 1 saturated heterocycles. The smallest absolute Gasteiger partial charge is 0.377 e. The second-order valence-corrected chi connectivity index (χ2v) is 8.35. The van der Waals surface area contributed by atoms with Crippen molar-refractivity contribution in [1.29, 1.82) is 0 Å². The van der Waals surface area contributed by atoms with Crippen molar-refractivity contribution in [2.75, 3.05) is 27.4 Å². The largest absolute Gasteiger partial charge is 0.500 e. The predicted octanol–water partition coefficient (Wildman–Crippen LogP) is 2.97. The molecule has 5 nitrogen and oxygen atoms in total. The summed E-state index contributed by atoms with van der Waals surface area (Å²) in [6, 6.07) is 0.828. The minimum atomic E-state index is -2.59. The molecule has 2 unspecified atom stereocenters. The second-order valence-electron chi connectivity index (χ2n) is 5.38. The molecule has 0 aromatic carbocycles. The molecule has 6 heteroatoms. The van der Waals surface area contributed by atoms with Crippen LogP contribution in [0.1, 0.15) is 46.5 Å². The van der Waals surface area contributed by atoms with E-state index >= 15 is 0 Å². The topological polar surface area (TPSA) is 46.2 Å². The molecule has 0 radical (unpaired) electrons. The highest BCUT2D eigenvalue weighted by molar-refractivity contribution is 6.60. The van der Waals surface area contributed by atoms with E-state index in [1.54, 1.807) is 14.2 Å². The van der Waals surface area contributed by atoms with Crippen LogP contribution in [-0.2, 0) is 22.8 Å². The number of hydrogen-bond acceptors (Lipinski definition) is 5. The molecule has 0 N–H and O–H groups in total. The Kier molecular flexibility index (Phi) is 7.64. The number of hydrogen-bond donors (Lipinski definition) is 0. The van der Waals surface area contributed by atoms with Crippen LogP contribution in [0.2, 0.25) is 6.04 Å². The number of unbranched alkanes of at least 4 members (excludes halogenated alkanes) is 1. The van der Waals surface area contributed by atoms with Gasteiger partial charge in [0.25, 0.3) is 0 Å². The van der Waals surface area contributed by atoms with Crippen LogP contribution < -0.4 is 0 Å². The van der Waals surface area contributed by atoms with Gasteiger partial charge in [-0.05, 0) is 13.3 Å². The molecule has 0 aromatic rings. The molecule has 0 aliphatic carbocycles. The van der Waals surface area contributed by atoms with Crippen molar-refractivity contribution in [3.05, 3.63) is 0 Å². The molecule has 0 saturated carbocycles. The van der Waals surface area contributed by atoms with Gasteiger partial charge in [0.05, 0.1) is 19.3 Å². The van der Waals surface area contributed by atoms with Crippen LogP contribution in [0.25, 0.3) is 0 Å². The summed E-state index contributed by atoms with van der Waals surface area (Å²) in [5, 5.41) is 0. The molecule has 0 bridgehead atoms. The van der Waals surface area contributed by atoms with E-state index < -0.39 is 14.6 Å². The molecule has 1 aliphatic rings. The zero-order valence-electron chi connectivity index (χ0n) is 13.6. The Balaban J connectivity index is 2.63. The third-order valence-corrected chi connectivity index (χ3v) is 6.39. The van der Waals surface area contributed by atoms with E-state index in [1.807, 2.05) is 6.92 Å². The molecule has 120 valence electrons. The standard InChI is InChI=1S/C14H30O5Si/c1-6-8-10-20(15-4,16-5)18-12-14(9-7-2)17-11-13(3)19-14/h13H,6-12H2,1-5H3. The Morgan fingerprint density at radius 3 is 2.35 bits per heavy atom. The quantitative estimate of drug-likeness (QED) is 0.581. The van der Waals surface area contributed by atoms with Gasteiger partial charge in [0.1, 0.15) is 0 Å². The van der Waals surface area contributed by atoms with Crippen LogP contribution in [0, 0.1) is 0 Å². The lowest BCUT2D eigenvalue weighted by Crippen LogP contribution is -2.49. The van der Waals surface area contributed by atoms with Crippen LogP contribution in [0.5, 0.6) is 0 Å². The van der Waals surface area contributed by atoms with E-state index in [0.717, 1.165) is 31.7 Å². The average molecular weight is 306 g/mol. The van der Waals surface area contributed by atoms with Crippen LogP contribution in [0.4, 0.5) is 0 Å². The maximum Gasteiger partial charge on any atom is 0.500 e. The normalized spacial score (nSPS) is 27.1. The van der Waals surface area contributed by atoms with E-state index in [4.69, 9.17) is 22.8 Å². The van der Waals surface area contributed by atoms with Crippen LogP contribution in [0.15, 0.2) is 0 Å². The lowest BCUT2D eigenvalue weighted by atomic mass is 10.1. The summed E-state index contributed by atoms with van der Waals surface area (Å²) in [6.45, 7) is 7.28. The molecular formula is C14H30O5Si. The summed E-state index contributed by atoms with van der Waals surface area (Å²) in [4.78, 5) is 0. The maximum atomic E-state index is 6.06. The van der Waals surface area contributed by atoms with Crippen molar-refractivity contribution in [2.24, 2.45) is 0 Å². The first kappa shape index (κ1) is 18.1. The molecule has 2 atom stereocenters. The average Bonchev–Trinajstić information content (AvgIpc) is 2.82. The van der Waals surface area contributed by atoms with Gasteiger partial charge in [0.15, 0.2) is 5.79 Å². The minimum Gasteiger partial charge on any atom is -0.377 e. The number of rotatable bonds is 10. The third-order valence-electron chi connectivity index (χ3n) is 3.60. The zero-order chi connectivity index (χ0) is 15.1. The Bertz CT molecular complexity index is 268. The Labute approximate surface area is 124 Å². The van der Waals surface area contributed by atoms with Gasteiger partial charge in [-0.25, -0.2) is 0 Å². The molecule has 0 spiro atoms. The molecule has 0 amide bonds. The first-order valence-corrected chi connectivity index (χ1v) is 9.54. The Hall–Kier alpha value is 0.0169. The third kappa shape index (κ3) is 4.79. The van der Waals surface area contributed by atoms with E-state index in [9.17, 15) is 0 Å². The molecular weight excluding hydrogens is 276 g/mol. The molecule has 1 heterocycles. The van der Waals surface area contributed by atoms with Gasteiger partial charge < -0.3 is 22.8 Å². The molecule has 1 rings (SSSR count). The van der Waals surface area contributed by atoms with Crippen molar-refractivity contribution in [3.8, 4) is 0 Å². The fourth-order valence-corrected chi connectivity index (χ4v) is 4.64. The summed E-state index contributed by atoms with van der Waals surface area (Å²) in [6.07, 6.45) is 4.05. The van der Waals surface area contributed by atoms with Crippen molar-refractivity contribution in [3.63, 3.8) is 0 Å². The summed E-state index contributed by atoms with van der Waals surface area (Å²) in [7, 11) is 0.737. The van der Waals surface area contributed by atoms with Crippen molar-refractivity contribution >= 4 is 8.80 Å². The van der Waals surface area contributed by atoms with Gasteiger partial charge in [-0.15, -0.1) is 0 Å². The first-order chi connectivity index (χ1) is 9.55. The molecule has 1 fully saturated rings. The predicted molar refractivity (Wildman–Crippen MR) is 79.6 cm³/mol. The zero-order valence-corrected chi connectivity index (χ0v) is 14.6. The lowest BCUT2D eigenvalue weighted by molar-refractivity contribution is -0.197. The highest BCUT2D eigenvalue weighted by Gasteiger charge is 2.45. The van der Waals surface area contributed by atoms with Crippen LogP contribution >= 0.6 is 0 Å². The van der Waals surface area contributed by atoms with Crippen molar-refractivity contribution < 1.29 is 22.8 Å². The van der Waals surface area contributed by atoms with E-state index in [-0.39, 0.29) is 6.10 Å². The Morgan fingerprint density at radius 1 is 1.20 bits per heavy atom. The summed E-state index contributed by atoms with van der Waals surface area (Å²) in [5.41, 5.74) is 0. The van der Waals surface area contributed by atoms with Gasteiger partial charge in [-0.2, -0.15) is 0 Å². The van der Waals surface area contributed by atoms with E-state index in [2.05, 4.69) is 13.8 Å². The van der Waals surface area contributed by atoms with Crippen molar-refractivity contribution in [2.45, 2.75) is 64.4 Å². The monoisotopic (exact) mass is 306 g/mol. The SMILES string of the molecule is CCCC[Si](OC)(OC)OCC1(CCC)OCC(C)O1. The van der Waals surface area contributed by atoms with Gasteiger partial charge in [-0.3, -0.25) is 0 Å². The molecule has 20 heavy (non-hydrogen) atoms. The molecule has 0 aromatic heterocycles. The highest BCUT2D eigenvalue weighted by Crippen LogP contribution is 2.31. The van der Waals surface area contributed by atoms with Gasteiger partial charge in [0, 0.05) is 26.7 Å². The summed E-state index contributed by atoms with van der Waals surface area (Å²) < 4.78 is 29.0. The van der Waals surface area contributed by atoms with Crippen LogP contribution in [0.3, 0.4) is 0 Å². The van der Waals surface area contributed by atoms with Gasteiger partial charge in [-0.1, -0.05) is 26.7 Å². The summed E-state index contributed by atoms with van der Waals surface area (Å²) in [5.74, 6) is -0.629. The lowest BCUT2D eigenvalue weighted by Gasteiger charge is -2.33. The fraction of sp³-hybridized carbons (Fsp3) is 1.00. The van der Waals surface area contributed by atoms with Gasteiger partial charge in [0.2, 0.25) is 0 Å². The number of ether oxygens (including phenoxy) is 2. The van der Waals surface area contributed by atoms with Crippen molar-refractivity contribution in [1.82, 2.24) is 0 Å².